The van der Waals surface area contributed by atoms with Crippen LogP contribution in [0.3, 0.4) is 0 Å². The van der Waals surface area contributed by atoms with Gasteiger partial charge in [-0.3, -0.25) is 13.8 Å². The van der Waals surface area contributed by atoms with Gasteiger partial charge in [-0.15, -0.1) is 0 Å². The summed E-state index contributed by atoms with van der Waals surface area (Å²) in [5.41, 5.74) is 0. The molecule has 0 fully saturated rings. The monoisotopic (exact) mass is 1010 g/mol. The normalized spacial score (nSPS) is 14.1. The van der Waals surface area contributed by atoms with Crippen molar-refractivity contribution in [2.75, 3.05) is 40.9 Å². The van der Waals surface area contributed by atoms with Crippen LogP contribution >= 0.6 is 7.82 Å². The largest absolute Gasteiger partial charge is 0.472 e. The number of aliphatic hydroxyl groups is 1. The maximum Gasteiger partial charge on any atom is 0.472 e. The van der Waals surface area contributed by atoms with E-state index in [4.69, 9.17) is 9.05 Å². The predicted molar refractivity (Wildman–Crippen MR) is 304 cm³/mol. The number of phosphoric acid groups is 1. The average molecular weight is 1010 g/mol. The van der Waals surface area contributed by atoms with Gasteiger partial charge in [-0.05, 0) is 57.8 Å². The molecule has 3 N–H and O–H groups in total. The smallest absolute Gasteiger partial charge is 0.387 e. The number of carbonyl (C=O) groups excluding carboxylic acids is 1. The van der Waals surface area contributed by atoms with Gasteiger partial charge in [0.2, 0.25) is 5.91 Å². The number of likely N-dealkylation sites (N-methyl/N-ethyl adjacent to an activating group) is 1. The highest BCUT2D eigenvalue weighted by molar-refractivity contribution is 7.47. The second kappa shape index (κ2) is 52.6. The molecule has 8 nitrogen and oxygen atoms in total. The third-order valence-corrected chi connectivity index (χ3v) is 14.8. The zero-order valence-electron chi connectivity index (χ0n) is 47.3. The van der Waals surface area contributed by atoms with Gasteiger partial charge in [0.15, 0.2) is 0 Å². The van der Waals surface area contributed by atoms with Crippen LogP contribution in [0.1, 0.15) is 296 Å². The fraction of sp³-hybridized carbons (Fsp3) is 0.885. The van der Waals surface area contributed by atoms with Gasteiger partial charge in [-0.25, -0.2) is 4.57 Å². The number of aliphatic hydroxyl groups excluding tert-OH is 1. The fourth-order valence-corrected chi connectivity index (χ4v) is 9.79. The molecule has 0 spiro atoms. The molecule has 70 heavy (non-hydrogen) atoms. The zero-order valence-corrected chi connectivity index (χ0v) is 48.2. The first-order valence-electron chi connectivity index (χ1n) is 30.4. The van der Waals surface area contributed by atoms with Gasteiger partial charge in [0.1, 0.15) is 13.2 Å². The van der Waals surface area contributed by atoms with Crippen molar-refractivity contribution in [3.8, 4) is 0 Å². The van der Waals surface area contributed by atoms with E-state index in [1.54, 1.807) is 6.08 Å². The van der Waals surface area contributed by atoms with Crippen LogP contribution in [0.4, 0.5) is 0 Å². The number of nitrogens with one attached hydrogen (secondary N) is 1. The molecule has 0 aromatic carbocycles. The number of hydrogen-bond donors (Lipinski definition) is 3. The zero-order chi connectivity index (χ0) is 51.3. The van der Waals surface area contributed by atoms with Crippen LogP contribution in [0.2, 0.25) is 0 Å². The second-order valence-corrected chi connectivity index (χ2v) is 23.5. The summed E-state index contributed by atoms with van der Waals surface area (Å²) >= 11 is 0. The number of amides is 1. The van der Waals surface area contributed by atoms with E-state index in [-0.39, 0.29) is 19.1 Å². The lowest BCUT2D eigenvalue weighted by atomic mass is 10.0. The maximum atomic E-state index is 13.0. The molecule has 0 radical (unpaired) electrons. The van der Waals surface area contributed by atoms with Crippen molar-refractivity contribution in [1.82, 2.24) is 5.32 Å². The van der Waals surface area contributed by atoms with E-state index in [1.165, 1.54) is 238 Å². The summed E-state index contributed by atoms with van der Waals surface area (Å²) in [5.74, 6) is -0.183. The highest BCUT2D eigenvalue weighted by atomic mass is 31.2. The number of allylic oxidation sites excluding steroid dienone is 5. The summed E-state index contributed by atoms with van der Waals surface area (Å²) < 4.78 is 23.7. The minimum Gasteiger partial charge on any atom is -0.387 e. The van der Waals surface area contributed by atoms with E-state index in [9.17, 15) is 19.4 Å². The molecule has 0 bridgehead atoms. The molecule has 0 aliphatic heterocycles. The van der Waals surface area contributed by atoms with Gasteiger partial charge in [0.25, 0.3) is 0 Å². The van der Waals surface area contributed by atoms with Crippen LogP contribution in [0.25, 0.3) is 0 Å². The number of carbonyl (C=O) groups is 1. The molecule has 3 atom stereocenters. The second-order valence-electron chi connectivity index (χ2n) is 22.1. The molecule has 0 aliphatic carbocycles. The van der Waals surface area contributed by atoms with Crippen LogP contribution in [0.5, 0.6) is 0 Å². The van der Waals surface area contributed by atoms with Crippen molar-refractivity contribution in [3.63, 3.8) is 0 Å². The number of rotatable bonds is 56. The van der Waals surface area contributed by atoms with E-state index in [1.807, 2.05) is 27.2 Å². The molecular formula is C61H120N2O6P+. The molecule has 0 aromatic heterocycles. The Kier molecular flexibility index (Phi) is 51.6. The average Bonchev–Trinajstić information content (AvgIpc) is 3.32. The first kappa shape index (κ1) is 68.7. The van der Waals surface area contributed by atoms with Crippen molar-refractivity contribution in [1.29, 1.82) is 0 Å². The molecule has 0 saturated carbocycles. The van der Waals surface area contributed by atoms with E-state index >= 15 is 0 Å². The summed E-state index contributed by atoms with van der Waals surface area (Å²) in [4.78, 5) is 23.3. The highest BCUT2D eigenvalue weighted by Gasteiger charge is 2.27. The molecule has 0 rings (SSSR count). The van der Waals surface area contributed by atoms with E-state index in [0.29, 0.717) is 17.4 Å². The molecule has 0 aliphatic rings. The predicted octanol–water partition coefficient (Wildman–Crippen LogP) is 18.5. The fourth-order valence-electron chi connectivity index (χ4n) is 9.06. The standard InChI is InChI=1S/C61H119N2O6P/c1-6-8-10-12-14-16-18-20-22-24-26-28-30-31-33-35-37-39-41-43-45-47-49-51-53-55-61(65)62-59(58-69-70(66,67)68-57-56-63(3,4)5)60(64)54-52-50-48-46-44-42-40-38-36-34-32-29-27-25-23-21-19-17-15-13-11-9-7-2/h24,26,44,46,52,54,59-60,64H,6-23,25,27-43,45,47-51,53,55-58H2,1-5H3,(H-,62,65,66,67)/p+1/b26-24-,46-44+,54-52+. The van der Waals surface area contributed by atoms with Crippen LogP contribution in [-0.4, -0.2) is 73.4 Å². The molecular weight excluding hydrogens is 888 g/mol. The Morgan fingerprint density at radius 2 is 0.786 bits per heavy atom. The van der Waals surface area contributed by atoms with Crippen LogP contribution in [0, 0.1) is 0 Å². The molecule has 0 saturated heterocycles. The lowest BCUT2D eigenvalue weighted by Crippen LogP contribution is -2.45. The third kappa shape index (κ3) is 54.5. The first-order valence-corrected chi connectivity index (χ1v) is 31.9. The summed E-state index contributed by atoms with van der Waals surface area (Å²) in [7, 11) is 1.56. The van der Waals surface area contributed by atoms with Gasteiger partial charge in [-0.2, -0.15) is 0 Å². The van der Waals surface area contributed by atoms with Gasteiger partial charge in [-0.1, -0.05) is 269 Å². The summed E-state index contributed by atoms with van der Waals surface area (Å²) in [6, 6.07) is -0.863. The Morgan fingerprint density at radius 3 is 1.14 bits per heavy atom. The van der Waals surface area contributed by atoms with Gasteiger partial charge < -0.3 is 19.8 Å². The summed E-state index contributed by atoms with van der Waals surface area (Å²) in [5, 5.41) is 13.9. The van der Waals surface area contributed by atoms with Gasteiger partial charge >= 0.3 is 7.82 Å². The Hall–Kier alpha value is -1.28. The van der Waals surface area contributed by atoms with E-state index in [0.717, 1.165) is 38.5 Å². The number of phosphoric ester groups is 1. The summed E-state index contributed by atoms with van der Waals surface area (Å²) in [6.45, 7) is 4.84. The van der Waals surface area contributed by atoms with E-state index in [2.05, 4.69) is 43.5 Å². The SMILES string of the molecule is CCCCCCCCCC/C=C\CCCCCCCCCCCCCCCC(=O)NC(COP(=O)(O)OCC[N+](C)(C)C)C(O)/C=C/CC/C=C/CCCCCCCCCCCCCCCCCCC. The Labute approximate surface area is 436 Å². The topological polar surface area (TPSA) is 105 Å². The quantitative estimate of drug-likeness (QED) is 0.0243. The molecule has 0 heterocycles. The maximum absolute atomic E-state index is 13.0. The minimum absolute atomic E-state index is 0.0572. The molecule has 3 unspecified atom stereocenters. The van der Waals surface area contributed by atoms with Gasteiger partial charge in [0, 0.05) is 6.42 Å². The lowest BCUT2D eigenvalue weighted by Gasteiger charge is -2.25. The van der Waals surface area contributed by atoms with Crippen LogP contribution in [-0.2, 0) is 18.4 Å². The van der Waals surface area contributed by atoms with Crippen LogP contribution in [0.15, 0.2) is 36.5 Å². The lowest BCUT2D eigenvalue weighted by molar-refractivity contribution is -0.870. The van der Waals surface area contributed by atoms with Crippen molar-refractivity contribution >= 4 is 13.7 Å². The minimum atomic E-state index is -4.36. The van der Waals surface area contributed by atoms with Crippen molar-refractivity contribution < 1.29 is 32.9 Å². The molecule has 9 heteroatoms. The number of unbranched alkanes of at least 4 members (excludes halogenated alkanes) is 39. The van der Waals surface area contributed by atoms with Crippen molar-refractivity contribution in [2.45, 2.75) is 309 Å². The first-order chi connectivity index (χ1) is 34.0. The number of nitrogens with zero attached hydrogens (tertiary/aromatic N) is 1. The summed E-state index contributed by atoms with van der Waals surface area (Å²) in [6.07, 6.45) is 68.3. The Bertz CT molecular complexity index is 1230. The number of quaternary nitrogens is 1. The molecule has 1 amide bonds. The molecule has 414 valence electrons. The number of hydrogen-bond acceptors (Lipinski definition) is 5. The third-order valence-electron chi connectivity index (χ3n) is 13.8. The van der Waals surface area contributed by atoms with Crippen molar-refractivity contribution in [2.24, 2.45) is 0 Å². The molecule has 0 aromatic rings. The van der Waals surface area contributed by atoms with Crippen molar-refractivity contribution in [3.05, 3.63) is 36.5 Å². The Balaban J connectivity index is 4.20. The van der Waals surface area contributed by atoms with E-state index < -0.39 is 20.0 Å². The van der Waals surface area contributed by atoms with Gasteiger partial charge in [0.05, 0.1) is 39.9 Å². The Morgan fingerprint density at radius 1 is 0.471 bits per heavy atom. The van der Waals surface area contributed by atoms with Crippen LogP contribution < -0.4 is 5.32 Å². The highest BCUT2D eigenvalue weighted by Crippen LogP contribution is 2.43.